The molecule has 0 rings (SSSR count). The Morgan fingerprint density at radius 2 is 1.67 bits per heavy atom. The van der Waals surface area contributed by atoms with E-state index < -0.39 is 25.9 Å². The molecule has 0 radical (unpaired) electrons. The minimum atomic E-state index is -0.731. The molecule has 0 aromatic carbocycles. The highest BCUT2D eigenvalue weighted by atomic mass is 29.2. The van der Waals surface area contributed by atoms with E-state index in [1.165, 1.54) is 18.9 Å². The summed E-state index contributed by atoms with van der Waals surface area (Å²) in [6, 6.07) is 1.45. The van der Waals surface area contributed by atoms with Gasteiger partial charge in [0, 0.05) is 0 Å². The summed E-state index contributed by atoms with van der Waals surface area (Å²) in [7, 11) is -1.83. The van der Waals surface area contributed by atoms with Crippen molar-refractivity contribution in [3.05, 3.63) is 0 Å². The second-order valence-electron chi connectivity index (χ2n) is 4.11. The Morgan fingerprint density at radius 1 is 1.08 bits per heavy atom. The number of hydrogen-bond acceptors (Lipinski definition) is 1. The van der Waals surface area contributed by atoms with Crippen molar-refractivity contribution in [3.8, 4) is 0 Å². The van der Waals surface area contributed by atoms with Gasteiger partial charge in [0.1, 0.15) is 8.56 Å². The molecule has 0 heterocycles. The van der Waals surface area contributed by atoms with Crippen molar-refractivity contribution in [1.82, 2.24) is 0 Å². The van der Waals surface area contributed by atoms with E-state index in [2.05, 4.69) is 33.1 Å². The van der Waals surface area contributed by atoms with Crippen molar-refractivity contribution in [1.29, 1.82) is 0 Å². The Morgan fingerprint density at radius 3 is 2.00 bits per heavy atom. The van der Waals surface area contributed by atoms with Crippen LogP contribution >= 0.6 is 0 Å². The summed E-state index contributed by atoms with van der Waals surface area (Å²) < 4.78 is 6.15. The van der Waals surface area contributed by atoms with Crippen LogP contribution in [0.1, 0.15) is 19.8 Å². The molecule has 0 fully saturated rings. The first-order valence-electron chi connectivity index (χ1n) is 5.23. The van der Waals surface area contributed by atoms with Crippen molar-refractivity contribution >= 4 is 25.9 Å². The molecule has 0 saturated carbocycles. The zero-order valence-electron chi connectivity index (χ0n) is 9.26. The highest BCUT2D eigenvalue weighted by Gasteiger charge is 2.17. The van der Waals surface area contributed by atoms with E-state index in [1.807, 2.05) is 0 Å². The summed E-state index contributed by atoms with van der Waals surface area (Å²) in [5, 5.41) is 0. The standard InChI is InChI=1S/C8H24OSi3/c1-6-7-8-12(11(4)5)9-10(2)3/h10-12H,6-8H2,1-5H3. The SMILES string of the molecule is CCCC[SiH](O[SiH](C)C)[SiH](C)C. The molecular weight excluding hydrogens is 196 g/mol. The molecule has 1 nitrogen and oxygen atoms in total. The average molecular weight is 221 g/mol. The molecule has 1 unspecified atom stereocenters. The highest BCUT2D eigenvalue weighted by Crippen LogP contribution is 2.07. The molecule has 1 atom stereocenters. The molecule has 0 bridgehead atoms. The molecule has 12 heavy (non-hydrogen) atoms. The molecule has 0 amide bonds. The van der Waals surface area contributed by atoms with Crippen molar-refractivity contribution < 1.29 is 4.12 Å². The smallest absolute Gasteiger partial charge is 0.156 e. The first-order chi connectivity index (χ1) is 5.57. The molecule has 74 valence electrons. The van der Waals surface area contributed by atoms with Crippen LogP contribution in [0.4, 0.5) is 0 Å². The highest BCUT2D eigenvalue weighted by molar-refractivity contribution is 7.19. The molecule has 0 aliphatic rings. The van der Waals surface area contributed by atoms with Gasteiger partial charge in [-0.3, -0.25) is 0 Å². The van der Waals surface area contributed by atoms with Crippen LogP contribution in [-0.4, -0.2) is 25.9 Å². The Bertz CT molecular complexity index is 106. The largest absolute Gasteiger partial charge is 0.463 e. The van der Waals surface area contributed by atoms with Gasteiger partial charge in [0.15, 0.2) is 9.04 Å². The third-order valence-corrected chi connectivity index (χ3v) is 14.9. The lowest BCUT2D eigenvalue weighted by atomic mass is 10.4. The lowest BCUT2D eigenvalue weighted by Crippen LogP contribution is -2.36. The van der Waals surface area contributed by atoms with Crippen LogP contribution in [0.5, 0.6) is 0 Å². The molecule has 0 saturated heterocycles. The fraction of sp³-hybridized carbons (Fsp3) is 1.00. The topological polar surface area (TPSA) is 9.23 Å². The van der Waals surface area contributed by atoms with Gasteiger partial charge in [0.2, 0.25) is 0 Å². The van der Waals surface area contributed by atoms with Gasteiger partial charge in [-0.05, 0) is 19.1 Å². The average Bonchev–Trinajstić information content (AvgIpc) is 1.96. The Labute approximate surface area is 82.4 Å². The van der Waals surface area contributed by atoms with Gasteiger partial charge in [-0.25, -0.2) is 0 Å². The van der Waals surface area contributed by atoms with Gasteiger partial charge in [0.05, 0.1) is 8.31 Å². The summed E-state index contributed by atoms with van der Waals surface area (Å²) in [6.45, 7) is 11.8. The van der Waals surface area contributed by atoms with Gasteiger partial charge in [-0.15, -0.1) is 0 Å². The van der Waals surface area contributed by atoms with E-state index in [0.717, 1.165) is 0 Å². The van der Waals surface area contributed by atoms with Crippen LogP contribution in [0.3, 0.4) is 0 Å². The maximum Gasteiger partial charge on any atom is 0.156 e. The molecule has 4 heteroatoms. The number of rotatable bonds is 6. The first-order valence-corrected chi connectivity index (χ1v) is 14.3. The van der Waals surface area contributed by atoms with Gasteiger partial charge in [-0.2, -0.15) is 0 Å². The lowest BCUT2D eigenvalue weighted by molar-refractivity contribution is 0.604. The zero-order valence-corrected chi connectivity index (χ0v) is 12.7. The fourth-order valence-corrected chi connectivity index (χ4v) is 15.8. The molecule has 0 spiro atoms. The first kappa shape index (κ1) is 12.6. The van der Waals surface area contributed by atoms with Crippen molar-refractivity contribution in [2.45, 2.75) is 52.0 Å². The Kier molecular flexibility index (Phi) is 7.42. The van der Waals surface area contributed by atoms with Gasteiger partial charge in [-0.1, -0.05) is 32.9 Å². The Balaban J connectivity index is 3.70. The summed E-state index contributed by atoms with van der Waals surface area (Å²) in [5.74, 6) is 0. The van der Waals surface area contributed by atoms with E-state index in [0.29, 0.717) is 0 Å². The summed E-state index contributed by atoms with van der Waals surface area (Å²) in [4.78, 5) is 0. The third-order valence-electron chi connectivity index (χ3n) is 2.03. The second-order valence-corrected chi connectivity index (χ2v) is 17.7. The summed E-state index contributed by atoms with van der Waals surface area (Å²) in [5.41, 5.74) is 0. The van der Waals surface area contributed by atoms with Crippen molar-refractivity contribution in [2.24, 2.45) is 0 Å². The number of hydrogen-bond donors (Lipinski definition) is 0. The molecule has 0 N–H and O–H groups in total. The maximum absolute atomic E-state index is 6.15. The van der Waals surface area contributed by atoms with E-state index >= 15 is 0 Å². The van der Waals surface area contributed by atoms with E-state index in [-0.39, 0.29) is 0 Å². The van der Waals surface area contributed by atoms with E-state index in [4.69, 9.17) is 4.12 Å². The molecule has 0 aromatic heterocycles. The lowest BCUT2D eigenvalue weighted by Gasteiger charge is -2.21. The predicted octanol–water partition coefficient (Wildman–Crippen LogP) is 2.08. The maximum atomic E-state index is 6.15. The van der Waals surface area contributed by atoms with Gasteiger partial charge < -0.3 is 4.12 Å². The summed E-state index contributed by atoms with van der Waals surface area (Å²) in [6.07, 6.45) is 2.75. The van der Waals surface area contributed by atoms with Crippen LogP contribution in [0.15, 0.2) is 0 Å². The van der Waals surface area contributed by atoms with Crippen LogP contribution in [0.25, 0.3) is 0 Å². The third kappa shape index (κ3) is 6.16. The second kappa shape index (κ2) is 7.06. The Hall–Kier alpha value is 0.611. The monoisotopic (exact) mass is 220 g/mol. The van der Waals surface area contributed by atoms with E-state index in [1.54, 1.807) is 0 Å². The van der Waals surface area contributed by atoms with Crippen LogP contribution < -0.4 is 0 Å². The van der Waals surface area contributed by atoms with Gasteiger partial charge >= 0.3 is 0 Å². The van der Waals surface area contributed by atoms with Gasteiger partial charge in [0.25, 0.3) is 0 Å². The quantitative estimate of drug-likeness (QED) is 0.623. The molecule has 0 aliphatic heterocycles. The van der Waals surface area contributed by atoms with E-state index in [9.17, 15) is 0 Å². The summed E-state index contributed by atoms with van der Waals surface area (Å²) >= 11 is 0. The molecular formula is C8H24OSi3. The minimum absolute atomic E-state index is 0.422. The number of unbranched alkanes of at least 4 members (excludes halogenated alkanes) is 1. The van der Waals surface area contributed by atoms with Crippen LogP contribution in [0.2, 0.25) is 32.2 Å². The van der Waals surface area contributed by atoms with Crippen molar-refractivity contribution in [2.75, 3.05) is 0 Å². The minimum Gasteiger partial charge on any atom is -0.463 e. The fourth-order valence-electron chi connectivity index (χ4n) is 1.31. The molecule has 0 aromatic rings. The predicted molar refractivity (Wildman–Crippen MR) is 65.7 cm³/mol. The zero-order chi connectivity index (χ0) is 9.56. The molecule has 0 aliphatic carbocycles. The van der Waals surface area contributed by atoms with Crippen molar-refractivity contribution in [3.63, 3.8) is 0 Å². The normalized spacial score (nSPS) is 14.2. The van der Waals surface area contributed by atoms with Crippen LogP contribution in [0, 0.1) is 0 Å². The van der Waals surface area contributed by atoms with Crippen LogP contribution in [-0.2, 0) is 4.12 Å².